The van der Waals surface area contributed by atoms with Crippen LogP contribution in [-0.2, 0) is 4.79 Å². The highest BCUT2D eigenvalue weighted by molar-refractivity contribution is 5.95. The highest BCUT2D eigenvalue weighted by Gasteiger charge is 2.26. The summed E-state index contributed by atoms with van der Waals surface area (Å²) < 4.78 is 5.00. The fraction of sp³-hybridized carbons (Fsp3) is 0.222. The monoisotopic (exact) mass is 325 g/mol. The van der Waals surface area contributed by atoms with Gasteiger partial charge in [0.1, 0.15) is 0 Å². The number of hydrogen-bond acceptors (Lipinski definition) is 4. The van der Waals surface area contributed by atoms with E-state index in [0.717, 1.165) is 22.0 Å². The largest absolute Gasteiger partial charge is 0.548 e. The van der Waals surface area contributed by atoms with Crippen molar-refractivity contribution in [3.05, 3.63) is 59.7 Å². The summed E-state index contributed by atoms with van der Waals surface area (Å²) in [5, 5.41) is 15.0. The molecule has 0 saturated carbocycles. The number of aryl methyl sites for hydroxylation is 1. The van der Waals surface area contributed by atoms with Gasteiger partial charge in [-0.15, -0.1) is 0 Å². The predicted octanol–water partition coefficient (Wildman–Crippen LogP) is 1.72. The van der Waals surface area contributed by atoms with E-state index in [1.54, 1.807) is 19.2 Å². The van der Waals surface area contributed by atoms with Gasteiger partial charge in [0.15, 0.2) is 5.76 Å². The Hall–Kier alpha value is -3.02. The van der Waals surface area contributed by atoms with Crippen LogP contribution in [0, 0.1) is 6.92 Å². The Morgan fingerprint density at radius 3 is 2.71 bits per heavy atom. The zero-order valence-electron chi connectivity index (χ0n) is 13.3. The quantitative estimate of drug-likeness (QED) is 0.746. The maximum Gasteiger partial charge on any atom is 0.287 e. The lowest BCUT2D eigenvalue weighted by Crippen LogP contribution is -2.50. The average Bonchev–Trinajstić information content (AvgIpc) is 3.21. The number of furan rings is 1. The van der Waals surface area contributed by atoms with Crippen molar-refractivity contribution in [2.75, 3.05) is 0 Å². The molecule has 0 aliphatic carbocycles. The first kappa shape index (κ1) is 15.9. The summed E-state index contributed by atoms with van der Waals surface area (Å²) in [7, 11) is 0. The number of rotatable bonds is 5. The number of nitrogens with one attached hydrogen (secondary N) is 2. The van der Waals surface area contributed by atoms with E-state index >= 15 is 0 Å². The van der Waals surface area contributed by atoms with Crippen molar-refractivity contribution in [1.29, 1.82) is 0 Å². The molecule has 0 aliphatic heterocycles. The van der Waals surface area contributed by atoms with E-state index in [4.69, 9.17) is 4.42 Å². The lowest BCUT2D eigenvalue weighted by atomic mass is 9.91. The molecule has 0 spiro atoms. The van der Waals surface area contributed by atoms with Gasteiger partial charge in [0.2, 0.25) is 0 Å². The minimum atomic E-state index is -1.34. The van der Waals surface area contributed by atoms with Crippen molar-refractivity contribution < 1.29 is 19.1 Å². The number of carboxylic acid groups (broad SMARTS) is 1. The van der Waals surface area contributed by atoms with Gasteiger partial charge in [-0.1, -0.05) is 19.1 Å². The van der Waals surface area contributed by atoms with Crippen molar-refractivity contribution in [3.8, 4) is 0 Å². The average molecular weight is 325 g/mol. The summed E-state index contributed by atoms with van der Waals surface area (Å²) in [5.41, 5.74) is 2.77. The molecule has 0 saturated heterocycles. The Morgan fingerprint density at radius 1 is 1.25 bits per heavy atom. The molecule has 2 atom stereocenters. The van der Waals surface area contributed by atoms with Crippen LogP contribution >= 0.6 is 0 Å². The molecule has 0 radical (unpaired) electrons. The van der Waals surface area contributed by atoms with Crippen molar-refractivity contribution in [2.45, 2.75) is 25.8 Å². The fourth-order valence-electron chi connectivity index (χ4n) is 2.95. The van der Waals surface area contributed by atoms with Gasteiger partial charge in [0.25, 0.3) is 5.91 Å². The van der Waals surface area contributed by atoms with Gasteiger partial charge in [0, 0.05) is 23.0 Å². The molecule has 0 aliphatic rings. The molecule has 6 nitrogen and oxygen atoms in total. The van der Waals surface area contributed by atoms with E-state index in [1.807, 2.05) is 25.1 Å². The number of H-pyrrole nitrogens is 1. The number of aliphatic carboxylic acids is 1. The van der Waals surface area contributed by atoms with Gasteiger partial charge >= 0.3 is 0 Å². The molecule has 2 heterocycles. The van der Waals surface area contributed by atoms with E-state index in [1.165, 1.54) is 12.3 Å². The number of aromatic amines is 1. The SMILES string of the molecule is Cc1cccc2[nH]cc([C@@H](C)[C@@H](NC(=O)c3ccco3)C(=O)[O-])c12. The van der Waals surface area contributed by atoms with Crippen molar-refractivity contribution in [3.63, 3.8) is 0 Å². The maximum atomic E-state index is 12.1. The number of fused-ring (bicyclic) bond motifs is 1. The van der Waals surface area contributed by atoms with Crippen LogP contribution in [0.3, 0.4) is 0 Å². The number of carboxylic acids is 1. The van der Waals surface area contributed by atoms with Crippen LogP contribution in [0.25, 0.3) is 10.9 Å². The van der Waals surface area contributed by atoms with Crippen LogP contribution in [0.5, 0.6) is 0 Å². The first-order chi connectivity index (χ1) is 11.5. The van der Waals surface area contributed by atoms with E-state index in [-0.39, 0.29) is 5.76 Å². The van der Waals surface area contributed by atoms with Crippen molar-refractivity contribution in [2.24, 2.45) is 0 Å². The summed E-state index contributed by atoms with van der Waals surface area (Å²) in [6.07, 6.45) is 3.13. The molecule has 0 unspecified atom stereocenters. The Labute approximate surface area is 138 Å². The summed E-state index contributed by atoms with van der Waals surface area (Å²) in [6.45, 7) is 3.71. The van der Waals surface area contributed by atoms with E-state index in [0.29, 0.717) is 0 Å². The first-order valence-corrected chi connectivity index (χ1v) is 7.61. The summed E-state index contributed by atoms with van der Waals surface area (Å²) in [6, 6.07) is 7.67. The van der Waals surface area contributed by atoms with Crippen LogP contribution < -0.4 is 10.4 Å². The van der Waals surface area contributed by atoms with Crippen LogP contribution in [0.1, 0.15) is 34.5 Å². The third-order valence-electron chi connectivity index (χ3n) is 4.22. The van der Waals surface area contributed by atoms with Crippen LogP contribution in [0.2, 0.25) is 0 Å². The minimum absolute atomic E-state index is 0.0588. The topological polar surface area (TPSA) is 98.2 Å². The second-order valence-corrected chi connectivity index (χ2v) is 5.78. The zero-order chi connectivity index (χ0) is 17.3. The molecule has 0 bridgehead atoms. The first-order valence-electron chi connectivity index (χ1n) is 7.61. The summed E-state index contributed by atoms with van der Waals surface area (Å²) >= 11 is 0. The second-order valence-electron chi connectivity index (χ2n) is 5.78. The molecule has 0 fully saturated rings. The van der Waals surface area contributed by atoms with Crippen LogP contribution in [0.15, 0.2) is 47.2 Å². The highest BCUT2D eigenvalue weighted by Crippen LogP contribution is 2.30. The Balaban J connectivity index is 1.93. The number of carbonyl (C=O) groups is 2. The van der Waals surface area contributed by atoms with Gasteiger partial charge in [-0.25, -0.2) is 0 Å². The van der Waals surface area contributed by atoms with E-state index < -0.39 is 23.8 Å². The molecule has 3 rings (SSSR count). The fourth-order valence-corrected chi connectivity index (χ4v) is 2.95. The van der Waals surface area contributed by atoms with E-state index in [2.05, 4.69) is 10.3 Å². The number of hydrogen-bond donors (Lipinski definition) is 2. The predicted molar refractivity (Wildman–Crippen MR) is 86.4 cm³/mol. The van der Waals surface area contributed by atoms with Crippen LogP contribution in [0.4, 0.5) is 0 Å². The summed E-state index contributed by atoms with van der Waals surface area (Å²) in [4.78, 5) is 26.9. The molecular formula is C18H17N2O4-. The molecule has 6 heteroatoms. The normalized spacial score (nSPS) is 13.6. The van der Waals surface area contributed by atoms with Gasteiger partial charge < -0.3 is 24.6 Å². The standard InChI is InChI=1S/C18H18N2O4/c1-10-5-3-6-13-15(10)12(9-19-13)11(2)16(18(22)23)20-17(21)14-7-4-8-24-14/h3-9,11,16,19H,1-2H3,(H,20,21)(H,22,23)/p-1/t11-,16-/m1/s1. The van der Waals surface area contributed by atoms with E-state index in [9.17, 15) is 14.7 Å². The molecule has 1 amide bonds. The molecule has 1 aromatic carbocycles. The lowest BCUT2D eigenvalue weighted by molar-refractivity contribution is -0.308. The van der Waals surface area contributed by atoms with Gasteiger partial charge in [-0.2, -0.15) is 0 Å². The Kier molecular flexibility index (Phi) is 4.12. The minimum Gasteiger partial charge on any atom is -0.548 e. The number of amides is 1. The molecule has 3 aromatic rings. The zero-order valence-corrected chi connectivity index (χ0v) is 13.3. The molecule has 2 aromatic heterocycles. The van der Waals surface area contributed by atoms with Crippen LogP contribution in [-0.4, -0.2) is 22.9 Å². The smallest absolute Gasteiger partial charge is 0.287 e. The van der Waals surface area contributed by atoms with Crippen molar-refractivity contribution in [1.82, 2.24) is 10.3 Å². The molecule has 24 heavy (non-hydrogen) atoms. The number of carbonyl (C=O) groups excluding carboxylic acids is 2. The molecule has 2 N–H and O–H groups in total. The third kappa shape index (κ3) is 2.78. The lowest BCUT2D eigenvalue weighted by Gasteiger charge is -2.25. The Bertz CT molecular complexity index is 880. The second kappa shape index (κ2) is 6.23. The molecular weight excluding hydrogens is 308 g/mol. The third-order valence-corrected chi connectivity index (χ3v) is 4.22. The van der Waals surface area contributed by atoms with Crippen molar-refractivity contribution >= 4 is 22.8 Å². The van der Waals surface area contributed by atoms with Gasteiger partial charge in [-0.05, 0) is 36.2 Å². The van der Waals surface area contributed by atoms with Gasteiger partial charge in [0.05, 0.1) is 18.3 Å². The number of aromatic nitrogens is 1. The maximum absolute atomic E-state index is 12.1. The molecule has 124 valence electrons. The highest BCUT2D eigenvalue weighted by atomic mass is 16.4. The number of benzene rings is 1. The van der Waals surface area contributed by atoms with Gasteiger partial charge in [-0.3, -0.25) is 4.79 Å². The summed E-state index contributed by atoms with van der Waals surface area (Å²) in [5.74, 6) is -2.35. The Morgan fingerprint density at radius 2 is 2.04 bits per heavy atom.